The van der Waals surface area contributed by atoms with Crippen LogP contribution in [0.3, 0.4) is 0 Å². The van der Waals surface area contributed by atoms with Gasteiger partial charge < -0.3 is 5.32 Å². The summed E-state index contributed by atoms with van der Waals surface area (Å²) in [5, 5.41) is 2.84. The predicted molar refractivity (Wildman–Crippen MR) is 86.6 cm³/mol. The van der Waals surface area contributed by atoms with Gasteiger partial charge in [0.05, 0.1) is 5.56 Å². The van der Waals surface area contributed by atoms with E-state index in [2.05, 4.69) is 15.3 Å². The average molecular weight is 289 g/mol. The second kappa shape index (κ2) is 6.18. The molecule has 4 heteroatoms. The van der Waals surface area contributed by atoms with E-state index in [4.69, 9.17) is 0 Å². The molecule has 2 aromatic carbocycles. The largest absolute Gasteiger partial charge is 0.322 e. The zero-order chi connectivity index (χ0) is 15.4. The summed E-state index contributed by atoms with van der Waals surface area (Å²) in [5.41, 5.74) is 3.21. The Hall–Kier alpha value is -3.01. The van der Waals surface area contributed by atoms with Gasteiger partial charge in [0.25, 0.3) is 5.91 Å². The lowest BCUT2D eigenvalue weighted by Gasteiger charge is -2.06. The highest BCUT2D eigenvalue weighted by atomic mass is 16.1. The van der Waals surface area contributed by atoms with Crippen LogP contribution >= 0.6 is 0 Å². The normalized spacial score (nSPS) is 10.2. The van der Waals surface area contributed by atoms with E-state index in [1.54, 1.807) is 12.4 Å². The fraction of sp³-hybridized carbons (Fsp3) is 0.0556. The monoisotopic (exact) mass is 289 g/mol. The minimum atomic E-state index is -0.217. The molecular weight excluding hydrogens is 274 g/mol. The molecule has 22 heavy (non-hydrogen) atoms. The molecule has 3 rings (SSSR count). The van der Waals surface area contributed by atoms with Crippen molar-refractivity contribution in [2.75, 3.05) is 5.32 Å². The third-order valence-electron chi connectivity index (χ3n) is 3.22. The maximum atomic E-state index is 12.2. The number of nitrogens with zero attached hydrogens (tertiary/aromatic N) is 2. The molecule has 1 aromatic heterocycles. The number of hydrogen-bond acceptors (Lipinski definition) is 3. The van der Waals surface area contributed by atoms with Crippen LogP contribution in [0.1, 0.15) is 15.9 Å². The lowest BCUT2D eigenvalue weighted by atomic mass is 10.2. The van der Waals surface area contributed by atoms with E-state index < -0.39 is 0 Å². The van der Waals surface area contributed by atoms with Gasteiger partial charge in [-0.05, 0) is 24.6 Å². The molecule has 0 bridgehead atoms. The molecule has 0 unspecified atom stereocenters. The number of aromatic nitrogens is 2. The minimum Gasteiger partial charge on any atom is -0.322 e. The number of amides is 1. The van der Waals surface area contributed by atoms with Gasteiger partial charge in [0, 0.05) is 23.6 Å². The molecule has 0 saturated heterocycles. The van der Waals surface area contributed by atoms with Crippen LogP contribution in [0.5, 0.6) is 0 Å². The van der Waals surface area contributed by atoms with E-state index in [0.717, 1.165) is 16.8 Å². The van der Waals surface area contributed by atoms with Crippen molar-refractivity contribution in [2.45, 2.75) is 6.92 Å². The molecule has 1 N–H and O–H groups in total. The molecule has 108 valence electrons. The first kappa shape index (κ1) is 13.9. The second-order valence-corrected chi connectivity index (χ2v) is 4.98. The van der Waals surface area contributed by atoms with Gasteiger partial charge in [0.2, 0.25) is 0 Å². The van der Waals surface area contributed by atoms with Crippen LogP contribution in [0.15, 0.2) is 67.0 Å². The molecule has 0 saturated carbocycles. The Morgan fingerprint density at radius 1 is 0.955 bits per heavy atom. The highest BCUT2D eigenvalue weighted by molar-refractivity contribution is 6.03. The van der Waals surface area contributed by atoms with Crippen molar-refractivity contribution in [3.05, 3.63) is 78.1 Å². The van der Waals surface area contributed by atoms with Crippen molar-refractivity contribution < 1.29 is 4.79 Å². The zero-order valence-electron chi connectivity index (χ0n) is 12.2. The highest BCUT2D eigenvalue weighted by Gasteiger charge is 2.08. The summed E-state index contributed by atoms with van der Waals surface area (Å²) < 4.78 is 0. The first-order chi connectivity index (χ1) is 10.7. The van der Waals surface area contributed by atoms with E-state index in [1.165, 1.54) is 0 Å². The van der Waals surface area contributed by atoms with Crippen LogP contribution in [0.2, 0.25) is 0 Å². The van der Waals surface area contributed by atoms with Crippen molar-refractivity contribution in [3.63, 3.8) is 0 Å². The Labute approximate surface area is 128 Å². The van der Waals surface area contributed by atoms with E-state index in [0.29, 0.717) is 11.4 Å². The zero-order valence-corrected chi connectivity index (χ0v) is 12.2. The Morgan fingerprint density at radius 2 is 1.68 bits per heavy atom. The smallest absolute Gasteiger partial charge is 0.258 e. The van der Waals surface area contributed by atoms with Gasteiger partial charge >= 0.3 is 0 Å². The summed E-state index contributed by atoms with van der Waals surface area (Å²) in [7, 11) is 0. The van der Waals surface area contributed by atoms with Crippen LogP contribution in [-0.2, 0) is 0 Å². The number of benzene rings is 2. The van der Waals surface area contributed by atoms with Gasteiger partial charge in [-0.15, -0.1) is 0 Å². The van der Waals surface area contributed by atoms with E-state index in [1.807, 2.05) is 61.5 Å². The van der Waals surface area contributed by atoms with Crippen molar-refractivity contribution in [1.82, 2.24) is 9.97 Å². The van der Waals surface area contributed by atoms with Crippen molar-refractivity contribution in [1.29, 1.82) is 0 Å². The van der Waals surface area contributed by atoms with Gasteiger partial charge in [-0.2, -0.15) is 0 Å². The molecule has 3 aromatic rings. The van der Waals surface area contributed by atoms with Crippen LogP contribution in [0.4, 0.5) is 5.69 Å². The SMILES string of the molecule is Cc1cccc(NC(=O)c2cnc(-c3ccccc3)nc2)c1. The summed E-state index contributed by atoms with van der Waals surface area (Å²) in [4.78, 5) is 20.7. The Bertz CT molecular complexity index is 783. The number of anilines is 1. The molecule has 0 aliphatic heterocycles. The summed E-state index contributed by atoms with van der Waals surface area (Å²) in [6, 6.07) is 17.3. The van der Waals surface area contributed by atoms with E-state index in [9.17, 15) is 4.79 Å². The van der Waals surface area contributed by atoms with Gasteiger partial charge in [0.15, 0.2) is 5.82 Å². The maximum absolute atomic E-state index is 12.2. The molecule has 1 heterocycles. The molecule has 1 amide bonds. The number of carbonyl (C=O) groups excluding carboxylic acids is 1. The summed E-state index contributed by atoms with van der Waals surface area (Å²) in [5.74, 6) is 0.387. The standard InChI is InChI=1S/C18H15N3O/c1-13-6-5-9-16(10-13)21-18(22)15-11-19-17(20-12-15)14-7-3-2-4-8-14/h2-12H,1H3,(H,21,22). The van der Waals surface area contributed by atoms with Crippen molar-refractivity contribution >= 4 is 11.6 Å². The molecule has 0 fully saturated rings. The lowest BCUT2D eigenvalue weighted by Crippen LogP contribution is -2.12. The van der Waals surface area contributed by atoms with Gasteiger partial charge in [-0.25, -0.2) is 9.97 Å². The van der Waals surface area contributed by atoms with Crippen LogP contribution < -0.4 is 5.32 Å². The average Bonchev–Trinajstić information content (AvgIpc) is 2.56. The number of nitrogens with one attached hydrogen (secondary N) is 1. The summed E-state index contributed by atoms with van der Waals surface area (Å²) in [6.07, 6.45) is 3.08. The molecule has 0 atom stereocenters. The van der Waals surface area contributed by atoms with Crippen molar-refractivity contribution in [3.8, 4) is 11.4 Å². The fourth-order valence-electron chi connectivity index (χ4n) is 2.11. The molecule has 4 nitrogen and oxygen atoms in total. The first-order valence-electron chi connectivity index (χ1n) is 6.98. The van der Waals surface area contributed by atoms with Crippen LogP contribution in [0.25, 0.3) is 11.4 Å². The quantitative estimate of drug-likeness (QED) is 0.799. The predicted octanol–water partition coefficient (Wildman–Crippen LogP) is 3.70. The van der Waals surface area contributed by atoms with Crippen molar-refractivity contribution in [2.24, 2.45) is 0 Å². The van der Waals surface area contributed by atoms with E-state index >= 15 is 0 Å². The third-order valence-corrected chi connectivity index (χ3v) is 3.22. The highest BCUT2D eigenvalue weighted by Crippen LogP contribution is 2.14. The first-order valence-corrected chi connectivity index (χ1v) is 6.98. The van der Waals surface area contributed by atoms with Gasteiger partial charge in [0.1, 0.15) is 0 Å². The number of carbonyl (C=O) groups is 1. The number of aryl methyl sites for hydroxylation is 1. The molecule has 0 aliphatic carbocycles. The summed E-state index contributed by atoms with van der Waals surface area (Å²) in [6.45, 7) is 1.98. The fourth-order valence-corrected chi connectivity index (χ4v) is 2.11. The number of rotatable bonds is 3. The van der Waals surface area contributed by atoms with Crippen LogP contribution in [0, 0.1) is 6.92 Å². The third kappa shape index (κ3) is 3.17. The Morgan fingerprint density at radius 3 is 2.36 bits per heavy atom. The van der Waals surface area contributed by atoms with E-state index in [-0.39, 0.29) is 5.91 Å². The maximum Gasteiger partial charge on any atom is 0.258 e. The molecule has 0 aliphatic rings. The van der Waals surface area contributed by atoms with Gasteiger partial charge in [-0.1, -0.05) is 42.5 Å². The topological polar surface area (TPSA) is 54.9 Å². The minimum absolute atomic E-state index is 0.217. The second-order valence-electron chi connectivity index (χ2n) is 4.98. The Balaban J connectivity index is 1.76. The van der Waals surface area contributed by atoms with Gasteiger partial charge in [-0.3, -0.25) is 4.79 Å². The van der Waals surface area contributed by atoms with Crippen LogP contribution in [-0.4, -0.2) is 15.9 Å². The Kier molecular flexibility index (Phi) is 3.92. The molecule has 0 radical (unpaired) electrons. The summed E-state index contributed by atoms with van der Waals surface area (Å²) >= 11 is 0. The lowest BCUT2D eigenvalue weighted by molar-refractivity contribution is 0.102. The molecule has 0 spiro atoms. The molecular formula is C18H15N3O. The number of hydrogen-bond donors (Lipinski definition) is 1.